The normalized spacial score (nSPS) is 11.6. The molecule has 0 aromatic heterocycles. The molecule has 0 aliphatic rings. The molecule has 3 aromatic rings. The third-order valence-electron chi connectivity index (χ3n) is 6.05. The first-order valence-corrected chi connectivity index (χ1v) is 12.9. The fourth-order valence-corrected chi connectivity index (χ4v) is 4.30. The Balaban J connectivity index is 1.78. The van der Waals surface area contributed by atoms with Crippen molar-refractivity contribution in [3.8, 4) is 22.9 Å². The zero-order valence-electron chi connectivity index (χ0n) is 21.9. The Hall–Kier alpha value is -3.86. The van der Waals surface area contributed by atoms with E-state index in [4.69, 9.17) is 11.6 Å². The van der Waals surface area contributed by atoms with Crippen LogP contribution in [0.2, 0.25) is 5.02 Å². The van der Waals surface area contributed by atoms with Gasteiger partial charge in [0.05, 0.1) is 17.7 Å². The van der Waals surface area contributed by atoms with Gasteiger partial charge in [-0.2, -0.15) is 5.26 Å². The van der Waals surface area contributed by atoms with Crippen molar-refractivity contribution >= 4 is 29.1 Å². The molecule has 8 heteroatoms. The van der Waals surface area contributed by atoms with Crippen LogP contribution in [-0.4, -0.2) is 41.5 Å². The molecule has 0 bridgehead atoms. The summed E-state index contributed by atoms with van der Waals surface area (Å²) in [5, 5.41) is 25.3. The lowest BCUT2D eigenvalue weighted by molar-refractivity contribution is -0.136. The molecule has 7 nitrogen and oxygen atoms in total. The van der Waals surface area contributed by atoms with Gasteiger partial charge in [0.2, 0.25) is 11.8 Å². The van der Waals surface area contributed by atoms with Gasteiger partial charge in [-0.15, -0.1) is 0 Å². The maximum absolute atomic E-state index is 13.3. The van der Waals surface area contributed by atoms with Gasteiger partial charge in [-0.1, -0.05) is 61.8 Å². The minimum absolute atomic E-state index is 0.0641. The van der Waals surface area contributed by atoms with E-state index >= 15 is 0 Å². The fraction of sp³-hybridized carbons (Fsp3) is 0.300. The monoisotopic (exact) mass is 532 g/mol. The van der Waals surface area contributed by atoms with Crippen LogP contribution in [-0.2, 0) is 9.59 Å². The molecule has 0 saturated heterocycles. The number of anilines is 1. The third-order valence-corrected chi connectivity index (χ3v) is 6.27. The van der Waals surface area contributed by atoms with E-state index in [0.717, 1.165) is 23.2 Å². The molecule has 0 fully saturated rings. The maximum Gasteiger partial charge on any atom is 0.244 e. The van der Waals surface area contributed by atoms with Crippen LogP contribution >= 0.6 is 11.6 Å². The predicted octanol–water partition coefficient (Wildman–Crippen LogP) is 5.75. The summed E-state index contributed by atoms with van der Waals surface area (Å²) in [6, 6.07) is 21.2. The molecule has 3 N–H and O–H groups in total. The van der Waals surface area contributed by atoms with Crippen molar-refractivity contribution in [2.24, 2.45) is 5.92 Å². The first-order chi connectivity index (χ1) is 18.2. The fourth-order valence-electron chi connectivity index (χ4n) is 4.07. The van der Waals surface area contributed by atoms with Gasteiger partial charge < -0.3 is 20.6 Å². The number of rotatable bonds is 11. The summed E-state index contributed by atoms with van der Waals surface area (Å²) in [7, 11) is 0. The largest absolute Gasteiger partial charge is 0.508 e. The molecule has 0 saturated carbocycles. The Labute approximate surface area is 229 Å². The minimum atomic E-state index is -0.396. The molecule has 3 rings (SSSR count). The Morgan fingerprint density at radius 2 is 1.76 bits per heavy atom. The van der Waals surface area contributed by atoms with Crippen LogP contribution in [0.4, 0.5) is 5.69 Å². The van der Waals surface area contributed by atoms with Crippen LogP contribution in [0, 0.1) is 17.2 Å². The van der Waals surface area contributed by atoms with E-state index in [-0.39, 0.29) is 30.7 Å². The molecule has 0 spiro atoms. The van der Waals surface area contributed by atoms with Gasteiger partial charge in [0, 0.05) is 29.7 Å². The van der Waals surface area contributed by atoms with Crippen molar-refractivity contribution < 1.29 is 14.7 Å². The summed E-state index contributed by atoms with van der Waals surface area (Å²) in [5.74, 6) is -0.145. The van der Waals surface area contributed by atoms with Gasteiger partial charge in [0.1, 0.15) is 12.3 Å². The second-order valence-electron chi connectivity index (χ2n) is 9.61. The summed E-state index contributed by atoms with van der Waals surface area (Å²) >= 11 is 5.99. The lowest BCUT2D eigenvalue weighted by Crippen LogP contribution is -2.41. The highest BCUT2D eigenvalue weighted by Gasteiger charge is 2.24. The average molecular weight is 533 g/mol. The van der Waals surface area contributed by atoms with Gasteiger partial charge in [0.15, 0.2) is 0 Å². The number of phenolic OH excluding ortho intramolecular Hbond substituents is 1. The summed E-state index contributed by atoms with van der Waals surface area (Å²) in [5.41, 5.74) is 3.69. The molecule has 1 unspecified atom stereocenters. The standard InChI is InChI=1S/C30H33ClN4O3/c1-20(2)18-33-12-11-30(38)35(19-29(37)34-27-14-26(31)15-28(36)16-27)21(3)23-7-9-24(10-8-23)25-6-4-5-22(13-25)17-32/h4-10,13-16,20-21,33,36H,11-12,18-19H2,1-3H3,(H,34,37). The molecule has 38 heavy (non-hydrogen) atoms. The summed E-state index contributed by atoms with van der Waals surface area (Å²) in [6.45, 7) is 7.24. The molecule has 0 aliphatic heterocycles. The first kappa shape index (κ1) is 28.7. The van der Waals surface area contributed by atoms with E-state index < -0.39 is 5.91 Å². The van der Waals surface area contributed by atoms with E-state index in [0.29, 0.717) is 28.7 Å². The predicted molar refractivity (Wildman–Crippen MR) is 151 cm³/mol. The number of carbonyl (C=O) groups excluding carboxylic acids is 2. The lowest BCUT2D eigenvalue weighted by atomic mass is 9.99. The highest BCUT2D eigenvalue weighted by atomic mass is 35.5. The quantitative estimate of drug-likeness (QED) is 0.273. The number of nitrogens with zero attached hydrogens (tertiary/aromatic N) is 2. The number of carbonyl (C=O) groups is 2. The smallest absolute Gasteiger partial charge is 0.244 e. The average Bonchev–Trinajstić information content (AvgIpc) is 2.88. The van der Waals surface area contributed by atoms with Crippen LogP contribution in [0.25, 0.3) is 11.1 Å². The summed E-state index contributed by atoms with van der Waals surface area (Å²) in [6.07, 6.45) is 0.251. The van der Waals surface area contributed by atoms with Gasteiger partial charge >= 0.3 is 0 Å². The lowest BCUT2D eigenvalue weighted by Gasteiger charge is -2.29. The first-order valence-electron chi connectivity index (χ1n) is 12.6. The van der Waals surface area contributed by atoms with Gasteiger partial charge in [-0.25, -0.2) is 0 Å². The van der Waals surface area contributed by atoms with Crippen LogP contribution < -0.4 is 10.6 Å². The molecule has 0 aliphatic carbocycles. The second-order valence-corrected chi connectivity index (χ2v) is 10.0. The number of nitrogens with one attached hydrogen (secondary N) is 2. The zero-order chi connectivity index (χ0) is 27.7. The van der Waals surface area contributed by atoms with Crippen molar-refractivity contribution in [2.45, 2.75) is 33.2 Å². The minimum Gasteiger partial charge on any atom is -0.508 e. The van der Waals surface area contributed by atoms with E-state index in [2.05, 4.69) is 30.6 Å². The zero-order valence-corrected chi connectivity index (χ0v) is 22.6. The Morgan fingerprint density at radius 3 is 2.42 bits per heavy atom. The van der Waals surface area contributed by atoms with Crippen molar-refractivity contribution in [1.82, 2.24) is 10.2 Å². The van der Waals surface area contributed by atoms with E-state index in [9.17, 15) is 20.0 Å². The Morgan fingerprint density at radius 1 is 1.03 bits per heavy atom. The van der Waals surface area contributed by atoms with Crippen LogP contribution in [0.1, 0.15) is 44.4 Å². The highest BCUT2D eigenvalue weighted by molar-refractivity contribution is 6.31. The Kier molecular flexibility index (Phi) is 10.3. The van der Waals surface area contributed by atoms with Crippen LogP contribution in [0.5, 0.6) is 5.75 Å². The molecule has 2 amide bonds. The number of benzene rings is 3. The van der Waals surface area contributed by atoms with E-state index in [1.807, 2.05) is 49.4 Å². The SMILES string of the molecule is CC(C)CNCCC(=O)N(CC(=O)Nc1cc(O)cc(Cl)c1)C(C)c1ccc(-c2cccc(C#N)c2)cc1. The summed E-state index contributed by atoms with van der Waals surface area (Å²) in [4.78, 5) is 27.8. The van der Waals surface area contributed by atoms with Gasteiger partial charge in [-0.05, 0) is 60.3 Å². The second kappa shape index (κ2) is 13.6. The molecular weight excluding hydrogens is 500 g/mol. The van der Waals surface area contributed by atoms with E-state index in [1.165, 1.54) is 18.2 Å². The molecule has 0 radical (unpaired) electrons. The van der Waals surface area contributed by atoms with Crippen molar-refractivity contribution in [2.75, 3.05) is 25.0 Å². The Bertz CT molecular complexity index is 1280. The van der Waals surface area contributed by atoms with E-state index in [1.54, 1.807) is 11.0 Å². The van der Waals surface area contributed by atoms with Crippen molar-refractivity contribution in [1.29, 1.82) is 5.26 Å². The topological polar surface area (TPSA) is 105 Å². The van der Waals surface area contributed by atoms with Gasteiger partial charge in [-0.3, -0.25) is 9.59 Å². The van der Waals surface area contributed by atoms with Crippen LogP contribution in [0.3, 0.4) is 0 Å². The number of aromatic hydroxyl groups is 1. The van der Waals surface area contributed by atoms with Crippen molar-refractivity contribution in [3.63, 3.8) is 0 Å². The van der Waals surface area contributed by atoms with Crippen molar-refractivity contribution in [3.05, 3.63) is 82.9 Å². The number of phenols is 1. The number of hydrogen-bond acceptors (Lipinski definition) is 5. The molecule has 3 aromatic carbocycles. The highest BCUT2D eigenvalue weighted by Crippen LogP contribution is 2.27. The number of nitriles is 1. The molecule has 1 atom stereocenters. The number of amides is 2. The summed E-state index contributed by atoms with van der Waals surface area (Å²) < 4.78 is 0. The number of hydrogen-bond donors (Lipinski definition) is 3. The molecule has 198 valence electrons. The maximum atomic E-state index is 13.3. The molecular formula is C30H33ClN4O3. The molecule has 0 heterocycles. The third kappa shape index (κ3) is 8.34. The van der Waals surface area contributed by atoms with Gasteiger partial charge in [0.25, 0.3) is 0 Å². The number of halogens is 1. The van der Waals surface area contributed by atoms with Crippen LogP contribution in [0.15, 0.2) is 66.7 Å².